The number of amides is 2. The van der Waals surface area contributed by atoms with Gasteiger partial charge in [0.05, 0.1) is 0 Å². The molecule has 0 aromatic rings. The van der Waals surface area contributed by atoms with Gasteiger partial charge in [-0.15, -0.1) is 0 Å². The molecular weight excluding hydrogens is 248 g/mol. The topological polar surface area (TPSA) is 78.9 Å². The van der Waals surface area contributed by atoms with Crippen LogP contribution in [-0.4, -0.2) is 54.9 Å². The van der Waals surface area contributed by atoms with E-state index < -0.39 is 12.0 Å². The molecule has 6 heteroatoms. The molecule has 0 unspecified atom stereocenters. The number of rotatable bonds is 5. The zero-order valence-corrected chi connectivity index (χ0v) is 11.9. The van der Waals surface area contributed by atoms with Gasteiger partial charge in [-0.25, -0.2) is 9.59 Å². The Kier molecular flexibility index (Phi) is 6.08. The van der Waals surface area contributed by atoms with E-state index in [0.717, 1.165) is 26.1 Å². The van der Waals surface area contributed by atoms with Crippen LogP contribution in [0.15, 0.2) is 0 Å². The first-order chi connectivity index (χ1) is 8.91. The highest BCUT2D eigenvalue weighted by Crippen LogP contribution is 2.15. The van der Waals surface area contributed by atoms with E-state index in [2.05, 4.69) is 5.32 Å². The van der Waals surface area contributed by atoms with Crippen LogP contribution in [0.3, 0.4) is 0 Å². The van der Waals surface area contributed by atoms with Crippen LogP contribution in [0.5, 0.6) is 0 Å². The molecular formula is C13H24N2O4. The summed E-state index contributed by atoms with van der Waals surface area (Å²) >= 11 is 0. The third-order valence-electron chi connectivity index (χ3n) is 3.43. The largest absolute Gasteiger partial charge is 0.480 e. The average molecular weight is 272 g/mol. The normalized spacial score (nSPS) is 18.1. The molecule has 0 aliphatic carbocycles. The molecule has 0 aromatic heterocycles. The number of carbonyl (C=O) groups excluding carboxylic acids is 1. The van der Waals surface area contributed by atoms with E-state index in [4.69, 9.17) is 9.84 Å². The van der Waals surface area contributed by atoms with Crippen LogP contribution in [0.1, 0.15) is 26.7 Å². The predicted molar refractivity (Wildman–Crippen MR) is 71.0 cm³/mol. The minimum absolute atomic E-state index is 0.141. The number of carbonyl (C=O) groups is 2. The molecule has 110 valence electrons. The third-order valence-corrected chi connectivity index (χ3v) is 3.43. The van der Waals surface area contributed by atoms with Gasteiger partial charge in [-0.1, -0.05) is 13.8 Å². The van der Waals surface area contributed by atoms with Gasteiger partial charge < -0.3 is 20.1 Å². The molecule has 0 radical (unpaired) electrons. The second kappa shape index (κ2) is 7.33. The highest BCUT2D eigenvalue weighted by Gasteiger charge is 2.26. The fourth-order valence-electron chi connectivity index (χ4n) is 2.16. The van der Waals surface area contributed by atoms with E-state index in [1.165, 1.54) is 0 Å². The highest BCUT2D eigenvalue weighted by atomic mass is 16.5. The van der Waals surface area contributed by atoms with Crippen molar-refractivity contribution in [3.05, 3.63) is 0 Å². The maximum Gasteiger partial charge on any atom is 0.326 e. The molecule has 0 aromatic carbocycles. The Bertz CT molecular complexity index is 314. The van der Waals surface area contributed by atoms with Crippen molar-refractivity contribution in [1.82, 2.24) is 10.2 Å². The van der Waals surface area contributed by atoms with Crippen molar-refractivity contribution in [2.45, 2.75) is 32.7 Å². The first-order valence-corrected chi connectivity index (χ1v) is 6.74. The minimum atomic E-state index is -0.997. The summed E-state index contributed by atoms with van der Waals surface area (Å²) in [5.74, 6) is -0.701. The van der Waals surface area contributed by atoms with Crippen molar-refractivity contribution in [2.24, 2.45) is 11.8 Å². The lowest BCUT2D eigenvalue weighted by atomic mass is 10.00. The van der Waals surface area contributed by atoms with Crippen LogP contribution < -0.4 is 5.32 Å². The van der Waals surface area contributed by atoms with Gasteiger partial charge >= 0.3 is 12.0 Å². The SMILES string of the molecule is CC(C)[C@H](NC(=O)N(C)CC1CCOCC1)C(=O)O. The second-order valence-corrected chi connectivity index (χ2v) is 5.45. The van der Waals surface area contributed by atoms with Crippen molar-refractivity contribution in [3.63, 3.8) is 0 Å². The van der Waals surface area contributed by atoms with E-state index >= 15 is 0 Å². The summed E-state index contributed by atoms with van der Waals surface area (Å²) in [7, 11) is 1.70. The van der Waals surface area contributed by atoms with Crippen molar-refractivity contribution in [1.29, 1.82) is 0 Å². The Labute approximate surface area is 114 Å². The van der Waals surface area contributed by atoms with Crippen molar-refractivity contribution in [3.8, 4) is 0 Å². The molecule has 1 saturated heterocycles. The standard InChI is InChI=1S/C13H24N2O4/c1-9(2)11(12(16)17)14-13(18)15(3)8-10-4-6-19-7-5-10/h9-11H,4-8H2,1-3H3,(H,14,18)(H,16,17)/t11-/m0/s1. The van der Waals surface area contributed by atoms with Gasteiger partial charge in [-0.3, -0.25) is 0 Å². The molecule has 1 aliphatic rings. The van der Waals surface area contributed by atoms with Gasteiger partial charge in [0.15, 0.2) is 0 Å². The van der Waals surface area contributed by atoms with Gasteiger partial charge in [0, 0.05) is 26.8 Å². The molecule has 1 aliphatic heterocycles. The third kappa shape index (κ3) is 5.06. The number of carboxylic acid groups (broad SMARTS) is 1. The summed E-state index contributed by atoms with van der Waals surface area (Å²) in [5.41, 5.74) is 0. The number of aliphatic carboxylic acids is 1. The van der Waals surface area contributed by atoms with E-state index in [9.17, 15) is 9.59 Å². The second-order valence-electron chi connectivity index (χ2n) is 5.45. The van der Waals surface area contributed by atoms with Crippen LogP contribution in [0.2, 0.25) is 0 Å². The summed E-state index contributed by atoms with van der Waals surface area (Å²) in [6, 6.07) is -1.17. The number of hydrogen-bond donors (Lipinski definition) is 2. The van der Waals surface area contributed by atoms with Crippen LogP contribution >= 0.6 is 0 Å². The number of urea groups is 1. The molecule has 2 N–H and O–H groups in total. The molecule has 0 saturated carbocycles. The van der Waals surface area contributed by atoms with Gasteiger partial charge in [0.1, 0.15) is 6.04 Å². The molecule has 1 heterocycles. The number of nitrogens with one attached hydrogen (secondary N) is 1. The van der Waals surface area contributed by atoms with Crippen molar-refractivity contribution < 1.29 is 19.4 Å². The van der Waals surface area contributed by atoms with E-state index in [0.29, 0.717) is 12.5 Å². The first kappa shape index (κ1) is 15.8. The van der Waals surface area contributed by atoms with Gasteiger partial charge in [-0.05, 0) is 24.7 Å². The van der Waals surface area contributed by atoms with Crippen LogP contribution in [0, 0.1) is 11.8 Å². The Balaban J connectivity index is 2.44. The number of carboxylic acids is 1. The lowest BCUT2D eigenvalue weighted by molar-refractivity contribution is -0.140. The molecule has 6 nitrogen and oxygen atoms in total. The summed E-state index contributed by atoms with van der Waals surface area (Å²) in [5, 5.41) is 11.6. The lowest BCUT2D eigenvalue weighted by Gasteiger charge is -2.28. The predicted octanol–water partition coefficient (Wildman–Crippen LogP) is 1.16. The molecule has 1 atom stereocenters. The first-order valence-electron chi connectivity index (χ1n) is 6.74. The monoisotopic (exact) mass is 272 g/mol. The lowest BCUT2D eigenvalue weighted by Crippen LogP contribution is -2.50. The van der Waals surface area contributed by atoms with Crippen molar-refractivity contribution in [2.75, 3.05) is 26.8 Å². The quantitative estimate of drug-likeness (QED) is 0.787. The zero-order chi connectivity index (χ0) is 14.4. The van der Waals surface area contributed by atoms with Gasteiger partial charge in [-0.2, -0.15) is 0 Å². The Hall–Kier alpha value is -1.30. The highest BCUT2D eigenvalue weighted by molar-refractivity contribution is 5.82. The van der Waals surface area contributed by atoms with E-state index in [1.54, 1.807) is 25.8 Å². The Morgan fingerprint density at radius 1 is 1.37 bits per heavy atom. The molecule has 0 spiro atoms. The maximum absolute atomic E-state index is 12.0. The average Bonchev–Trinajstić information content (AvgIpc) is 2.35. The fraction of sp³-hybridized carbons (Fsp3) is 0.846. The Morgan fingerprint density at radius 2 is 1.95 bits per heavy atom. The van der Waals surface area contributed by atoms with Crippen LogP contribution in [-0.2, 0) is 9.53 Å². The van der Waals surface area contributed by atoms with Crippen LogP contribution in [0.25, 0.3) is 0 Å². The van der Waals surface area contributed by atoms with Crippen molar-refractivity contribution >= 4 is 12.0 Å². The number of hydrogen-bond acceptors (Lipinski definition) is 3. The van der Waals surface area contributed by atoms with E-state index in [1.807, 2.05) is 0 Å². The van der Waals surface area contributed by atoms with Gasteiger partial charge in [0.25, 0.3) is 0 Å². The number of nitrogens with zero attached hydrogens (tertiary/aromatic N) is 1. The summed E-state index contributed by atoms with van der Waals surface area (Å²) in [6.07, 6.45) is 1.90. The summed E-state index contributed by atoms with van der Waals surface area (Å²) in [6.45, 7) is 5.67. The molecule has 1 fully saturated rings. The summed E-state index contributed by atoms with van der Waals surface area (Å²) < 4.78 is 5.27. The van der Waals surface area contributed by atoms with Crippen LogP contribution in [0.4, 0.5) is 4.79 Å². The molecule has 2 amide bonds. The minimum Gasteiger partial charge on any atom is -0.480 e. The smallest absolute Gasteiger partial charge is 0.326 e. The molecule has 1 rings (SSSR count). The zero-order valence-electron chi connectivity index (χ0n) is 11.9. The fourth-order valence-corrected chi connectivity index (χ4v) is 2.16. The maximum atomic E-state index is 12.0. The molecule has 19 heavy (non-hydrogen) atoms. The van der Waals surface area contributed by atoms with Gasteiger partial charge in [0.2, 0.25) is 0 Å². The Morgan fingerprint density at radius 3 is 2.42 bits per heavy atom. The van der Waals surface area contributed by atoms with E-state index in [-0.39, 0.29) is 11.9 Å². The number of ether oxygens (including phenoxy) is 1. The summed E-state index contributed by atoms with van der Waals surface area (Å²) in [4.78, 5) is 24.6. The molecule has 0 bridgehead atoms.